The monoisotopic (exact) mass is 1060 g/mol. The summed E-state index contributed by atoms with van der Waals surface area (Å²) >= 11 is 0. The highest BCUT2D eigenvalue weighted by atomic mass is 32.2. The normalized spacial score (nSPS) is 17.6. The summed E-state index contributed by atoms with van der Waals surface area (Å²) in [4.78, 5) is 28.6. The predicted molar refractivity (Wildman–Crippen MR) is 304 cm³/mol. The van der Waals surface area contributed by atoms with Gasteiger partial charge in [0.15, 0.2) is 34.8 Å². The van der Waals surface area contributed by atoms with Gasteiger partial charge in [-0.2, -0.15) is 0 Å². The second-order valence-electron chi connectivity index (χ2n) is 25.7. The molecule has 0 aliphatic rings. The number of esters is 2. The van der Waals surface area contributed by atoms with Crippen LogP contribution in [0.4, 0.5) is 0 Å². The SMILES string of the molecule is C=CC[C@@H](OC(=O)CCC[C@H](O[Si](C)(C)C(C)(C)C)[C@@H](C)CC(=C)C)[C@@H](C)CC(C)(C(OC(=O)c1ccccc1)[C@@H](C)[C@@H](C[C@@H](C)O[Si](C)(C)C(C)(C)C)O[Si](C)(C)C(C)(C)C)S(=O)(=O)c1ccccc1. The van der Waals surface area contributed by atoms with Crippen LogP contribution in [0.1, 0.15) is 159 Å². The smallest absolute Gasteiger partial charge is 0.338 e. The molecule has 2 rings (SSSR count). The van der Waals surface area contributed by atoms with Crippen molar-refractivity contribution in [2.24, 2.45) is 17.8 Å². The van der Waals surface area contributed by atoms with Crippen molar-refractivity contribution >= 4 is 46.7 Å². The van der Waals surface area contributed by atoms with Gasteiger partial charge in [-0.1, -0.05) is 131 Å². The van der Waals surface area contributed by atoms with Gasteiger partial charge in [-0.3, -0.25) is 4.79 Å². The number of hydrogen-bond donors (Lipinski definition) is 0. The predicted octanol–water partition coefficient (Wildman–Crippen LogP) is 15.9. The van der Waals surface area contributed by atoms with Gasteiger partial charge in [0.25, 0.3) is 0 Å². The fraction of sp³-hybridized carbons (Fsp3) is 0.690. The number of carbonyl (C=O) groups excluding carboxylic acids is 2. The molecule has 0 N–H and O–H groups in total. The Morgan fingerprint density at radius 1 is 0.662 bits per heavy atom. The highest BCUT2D eigenvalue weighted by Gasteiger charge is 2.55. The molecule has 9 atom stereocenters. The van der Waals surface area contributed by atoms with Crippen LogP contribution in [0.3, 0.4) is 0 Å². The molecular weight excluding hydrogens is 957 g/mol. The van der Waals surface area contributed by atoms with Crippen LogP contribution in [0.5, 0.6) is 0 Å². The third-order valence-corrected chi connectivity index (χ3v) is 32.3. The summed E-state index contributed by atoms with van der Waals surface area (Å²) in [7, 11) is -11.3. The molecule has 0 fully saturated rings. The van der Waals surface area contributed by atoms with E-state index in [0.717, 1.165) is 12.0 Å². The van der Waals surface area contributed by atoms with Gasteiger partial charge in [-0.05, 0) is 143 Å². The summed E-state index contributed by atoms with van der Waals surface area (Å²) in [5.41, 5.74) is 1.40. The largest absolute Gasteiger partial charge is 0.462 e. The van der Waals surface area contributed by atoms with E-state index in [1.165, 1.54) is 0 Å². The lowest BCUT2D eigenvalue weighted by molar-refractivity contribution is -0.152. The highest BCUT2D eigenvalue weighted by molar-refractivity contribution is 7.92. The third kappa shape index (κ3) is 18.0. The van der Waals surface area contributed by atoms with Gasteiger partial charge in [0.05, 0.1) is 16.6 Å². The lowest BCUT2D eigenvalue weighted by Gasteiger charge is -2.47. The second-order valence-corrected chi connectivity index (χ2v) is 42.4. The molecule has 0 saturated heterocycles. The molecule has 0 saturated carbocycles. The number of rotatable bonds is 28. The van der Waals surface area contributed by atoms with Crippen molar-refractivity contribution in [3.05, 3.63) is 91.0 Å². The van der Waals surface area contributed by atoms with Gasteiger partial charge in [0.2, 0.25) is 0 Å². The lowest BCUT2D eigenvalue weighted by Crippen LogP contribution is -2.57. The molecule has 0 aliphatic heterocycles. The van der Waals surface area contributed by atoms with Gasteiger partial charge < -0.3 is 22.8 Å². The van der Waals surface area contributed by atoms with E-state index < -0.39 is 75.7 Å². The average Bonchev–Trinajstić information content (AvgIpc) is 3.23. The molecule has 0 bridgehead atoms. The standard InChI is InChI=1S/C58H100O9SSi3/c1-24-32-49(63-52(59)38-31-37-50(43(4)39-42(2)3)66-70(20,21)56(11,12)13)44(5)41-58(17,68(61,62)48-35-29-26-30-36-48)53(64-54(60)47-33-27-25-28-34-47)46(7)51(67-71(22,23)57(14,15)16)40-45(6)65-69(18,19)55(8,9)10/h24-30,33-36,43-46,49-51,53H,1-2,31-32,37-41H2,3-23H3/t43-,44-,45+,46-,49+,50-,51+,53?,58?/m0/s1. The molecule has 0 aromatic heterocycles. The summed E-state index contributed by atoms with van der Waals surface area (Å²) in [6.07, 6.45) is 1.87. The van der Waals surface area contributed by atoms with Gasteiger partial charge >= 0.3 is 11.9 Å². The fourth-order valence-electron chi connectivity index (χ4n) is 8.67. The van der Waals surface area contributed by atoms with Crippen molar-refractivity contribution in [1.82, 2.24) is 0 Å². The van der Waals surface area contributed by atoms with Crippen LogP contribution in [0.2, 0.25) is 54.4 Å². The average molecular weight is 1060 g/mol. The van der Waals surface area contributed by atoms with Gasteiger partial charge in [-0.25, -0.2) is 13.2 Å². The Labute approximate surface area is 437 Å². The fourth-order valence-corrected chi connectivity index (χ4v) is 15.1. The molecule has 71 heavy (non-hydrogen) atoms. The van der Waals surface area contributed by atoms with Crippen LogP contribution in [0, 0.1) is 17.8 Å². The lowest BCUT2D eigenvalue weighted by atomic mass is 9.80. The van der Waals surface area contributed by atoms with Crippen molar-refractivity contribution in [3.8, 4) is 0 Å². The Bertz CT molecular complexity index is 2120. The molecule has 0 heterocycles. The van der Waals surface area contributed by atoms with Crippen LogP contribution in [-0.2, 0) is 37.4 Å². The number of allylic oxidation sites excluding steroid dienone is 1. The molecule has 0 amide bonds. The molecule has 9 nitrogen and oxygen atoms in total. The van der Waals surface area contributed by atoms with Crippen LogP contribution in [0.15, 0.2) is 90.4 Å². The minimum absolute atomic E-state index is 0.0171. The third-order valence-electron chi connectivity index (χ3n) is 16.2. The van der Waals surface area contributed by atoms with E-state index in [1.54, 1.807) is 67.6 Å². The Hall–Kier alpha value is -2.66. The Kier molecular flexibility index (Phi) is 23.4. The number of carbonyl (C=O) groups is 2. The summed E-state index contributed by atoms with van der Waals surface area (Å²) < 4.78 is 64.1. The van der Waals surface area contributed by atoms with Crippen molar-refractivity contribution in [2.45, 2.75) is 243 Å². The number of ether oxygens (including phenoxy) is 2. The van der Waals surface area contributed by atoms with Gasteiger partial charge in [0.1, 0.15) is 17.0 Å². The van der Waals surface area contributed by atoms with E-state index in [-0.39, 0.29) is 56.9 Å². The first-order valence-electron chi connectivity index (χ1n) is 26.3. The number of sulfone groups is 1. The second kappa shape index (κ2) is 25.7. The van der Waals surface area contributed by atoms with E-state index in [2.05, 4.69) is 129 Å². The van der Waals surface area contributed by atoms with Crippen molar-refractivity contribution in [3.63, 3.8) is 0 Å². The Balaban J connectivity index is 2.81. The summed E-state index contributed by atoms with van der Waals surface area (Å²) in [5, 5.41) is -0.219. The Morgan fingerprint density at radius 3 is 1.59 bits per heavy atom. The topological polar surface area (TPSA) is 114 Å². The first kappa shape index (κ1) is 64.5. The summed E-state index contributed by atoms with van der Waals surface area (Å²) in [6.45, 7) is 53.3. The zero-order chi connectivity index (χ0) is 54.8. The molecule has 13 heteroatoms. The molecule has 0 spiro atoms. The molecule has 404 valence electrons. The Morgan fingerprint density at radius 2 is 1.13 bits per heavy atom. The molecule has 2 aromatic rings. The summed E-state index contributed by atoms with van der Waals surface area (Å²) in [5.74, 6) is -1.97. The van der Waals surface area contributed by atoms with E-state index in [1.807, 2.05) is 26.8 Å². The van der Waals surface area contributed by atoms with Crippen molar-refractivity contribution in [1.29, 1.82) is 0 Å². The van der Waals surface area contributed by atoms with E-state index in [0.29, 0.717) is 31.2 Å². The quantitative estimate of drug-likeness (QED) is 0.0467. The van der Waals surface area contributed by atoms with E-state index in [4.69, 9.17) is 22.8 Å². The first-order valence-corrected chi connectivity index (χ1v) is 36.5. The number of benzene rings is 2. The van der Waals surface area contributed by atoms with Gasteiger partial charge in [-0.15, -0.1) is 13.2 Å². The summed E-state index contributed by atoms with van der Waals surface area (Å²) in [6, 6.07) is 17.1. The molecular formula is C58H100O9SSi3. The van der Waals surface area contributed by atoms with Crippen LogP contribution < -0.4 is 0 Å². The maximum absolute atomic E-state index is 15.7. The highest BCUT2D eigenvalue weighted by Crippen LogP contribution is 2.46. The van der Waals surface area contributed by atoms with Crippen molar-refractivity contribution < 1.29 is 40.8 Å². The minimum atomic E-state index is -4.32. The van der Waals surface area contributed by atoms with E-state index in [9.17, 15) is 9.59 Å². The van der Waals surface area contributed by atoms with Crippen LogP contribution >= 0.6 is 0 Å². The molecule has 2 aromatic carbocycles. The molecule has 0 aliphatic carbocycles. The molecule has 2 unspecified atom stereocenters. The molecule has 0 radical (unpaired) electrons. The van der Waals surface area contributed by atoms with Crippen molar-refractivity contribution in [2.75, 3.05) is 0 Å². The van der Waals surface area contributed by atoms with Crippen LogP contribution in [0.25, 0.3) is 0 Å². The van der Waals surface area contributed by atoms with Gasteiger partial charge in [0, 0.05) is 31.0 Å². The maximum Gasteiger partial charge on any atom is 0.338 e. The van der Waals surface area contributed by atoms with Crippen LogP contribution in [-0.4, -0.2) is 80.6 Å². The zero-order valence-corrected chi connectivity index (χ0v) is 52.2. The zero-order valence-electron chi connectivity index (χ0n) is 48.4. The maximum atomic E-state index is 15.7. The first-order chi connectivity index (χ1) is 32.2. The van der Waals surface area contributed by atoms with E-state index >= 15 is 8.42 Å². The number of hydrogen-bond acceptors (Lipinski definition) is 9. The minimum Gasteiger partial charge on any atom is -0.462 e.